The third-order valence-corrected chi connectivity index (χ3v) is 2.17. The lowest BCUT2D eigenvalue weighted by Crippen LogP contribution is -2.33. The van der Waals surface area contributed by atoms with E-state index in [1.54, 1.807) is 6.07 Å². The van der Waals surface area contributed by atoms with Crippen molar-refractivity contribution in [2.45, 2.75) is 6.10 Å². The fourth-order valence-corrected chi connectivity index (χ4v) is 1.47. The number of morpholine rings is 1. The maximum atomic E-state index is 10.5. The van der Waals surface area contributed by atoms with Crippen LogP contribution in [-0.2, 0) is 4.74 Å². The lowest BCUT2D eigenvalue weighted by molar-refractivity contribution is 0.0249. The Morgan fingerprint density at radius 3 is 3.21 bits per heavy atom. The van der Waals surface area contributed by atoms with Gasteiger partial charge in [-0.3, -0.25) is 4.79 Å². The molecule has 4 heteroatoms. The summed E-state index contributed by atoms with van der Waals surface area (Å²) >= 11 is 0. The summed E-state index contributed by atoms with van der Waals surface area (Å²) in [5.74, 6) is 0. The molecule has 0 spiro atoms. The van der Waals surface area contributed by atoms with Crippen LogP contribution < -0.4 is 5.32 Å². The van der Waals surface area contributed by atoms with Gasteiger partial charge in [-0.05, 0) is 12.1 Å². The first-order chi connectivity index (χ1) is 6.90. The van der Waals surface area contributed by atoms with Gasteiger partial charge in [-0.1, -0.05) is 6.07 Å². The molecule has 1 aromatic rings. The molecule has 2 rings (SSSR count). The van der Waals surface area contributed by atoms with Gasteiger partial charge in [-0.25, -0.2) is 4.98 Å². The molecule has 0 saturated carbocycles. The first-order valence-electron chi connectivity index (χ1n) is 4.64. The number of nitrogens with zero attached hydrogens (tertiary/aromatic N) is 1. The maximum absolute atomic E-state index is 10.5. The molecular weight excluding hydrogens is 180 g/mol. The average Bonchev–Trinajstić information content (AvgIpc) is 2.30. The Morgan fingerprint density at radius 1 is 1.57 bits per heavy atom. The van der Waals surface area contributed by atoms with E-state index in [4.69, 9.17) is 4.74 Å². The number of aromatic nitrogens is 1. The minimum Gasteiger partial charge on any atom is -0.369 e. The van der Waals surface area contributed by atoms with E-state index < -0.39 is 0 Å². The van der Waals surface area contributed by atoms with Crippen LogP contribution in [0.1, 0.15) is 22.3 Å². The number of carbonyl (C=O) groups excluding carboxylic acids is 1. The van der Waals surface area contributed by atoms with Crippen molar-refractivity contribution in [1.82, 2.24) is 10.3 Å². The second-order valence-corrected chi connectivity index (χ2v) is 3.17. The number of nitrogens with one attached hydrogen (secondary N) is 1. The standard InChI is InChI=1S/C10H12N2O2/c13-7-8-2-1-3-9(12-8)10-6-11-4-5-14-10/h1-3,7,10-11H,4-6H2. The van der Waals surface area contributed by atoms with Crippen LogP contribution in [-0.4, -0.2) is 31.0 Å². The van der Waals surface area contributed by atoms with Crippen molar-refractivity contribution in [3.05, 3.63) is 29.6 Å². The van der Waals surface area contributed by atoms with Crippen LogP contribution in [0.4, 0.5) is 0 Å². The predicted molar refractivity (Wildman–Crippen MR) is 51.2 cm³/mol. The highest BCUT2D eigenvalue weighted by Gasteiger charge is 2.16. The zero-order chi connectivity index (χ0) is 9.80. The number of hydrogen-bond acceptors (Lipinski definition) is 4. The molecule has 1 N–H and O–H groups in total. The molecule has 1 aliphatic heterocycles. The first-order valence-corrected chi connectivity index (χ1v) is 4.64. The van der Waals surface area contributed by atoms with Gasteiger partial charge in [0.1, 0.15) is 11.8 Å². The van der Waals surface area contributed by atoms with Gasteiger partial charge in [0.05, 0.1) is 12.3 Å². The van der Waals surface area contributed by atoms with Crippen molar-refractivity contribution in [1.29, 1.82) is 0 Å². The molecule has 0 aliphatic carbocycles. The molecule has 1 unspecified atom stereocenters. The summed E-state index contributed by atoms with van der Waals surface area (Å²) in [4.78, 5) is 14.7. The minimum absolute atomic E-state index is 0.0244. The van der Waals surface area contributed by atoms with Gasteiger partial charge in [0.15, 0.2) is 6.29 Å². The Hall–Kier alpha value is -1.26. The number of carbonyl (C=O) groups is 1. The zero-order valence-electron chi connectivity index (χ0n) is 7.77. The number of pyridine rings is 1. The van der Waals surface area contributed by atoms with Crippen molar-refractivity contribution < 1.29 is 9.53 Å². The fraction of sp³-hybridized carbons (Fsp3) is 0.400. The predicted octanol–water partition coefficient (Wildman–Crippen LogP) is 0.555. The Kier molecular flexibility index (Phi) is 2.86. The van der Waals surface area contributed by atoms with Crippen LogP contribution in [0.3, 0.4) is 0 Å². The topological polar surface area (TPSA) is 51.2 Å². The van der Waals surface area contributed by atoms with E-state index >= 15 is 0 Å². The summed E-state index contributed by atoms with van der Waals surface area (Å²) < 4.78 is 5.52. The second kappa shape index (κ2) is 4.30. The van der Waals surface area contributed by atoms with Gasteiger partial charge in [0.2, 0.25) is 0 Å². The van der Waals surface area contributed by atoms with Crippen molar-refractivity contribution in [3.63, 3.8) is 0 Å². The molecule has 74 valence electrons. The van der Waals surface area contributed by atoms with E-state index in [1.165, 1.54) is 0 Å². The van der Waals surface area contributed by atoms with Crippen LogP contribution in [0.2, 0.25) is 0 Å². The highest BCUT2D eigenvalue weighted by atomic mass is 16.5. The van der Waals surface area contributed by atoms with Gasteiger partial charge >= 0.3 is 0 Å². The monoisotopic (exact) mass is 192 g/mol. The van der Waals surface area contributed by atoms with Gasteiger partial charge in [-0.15, -0.1) is 0 Å². The van der Waals surface area contributed by atoms with Gasteiger partial charge in [0, 0.05) is 13.1 Å². The second-order valence-electron chi connectivity index (χ2n) is 3.17. The van der Waals surface area contributed by atoms with Gasteiger partial charge < -0.3 is 10.1 Å². The van der Waals surface area contributed by atoms with Crippen LogP contribution in [0.5, 0.6) is 0 Å². The van der Waals surface area contributed by atoms with E-state index in [9.17, 15) is 4.79 Å². The van der Waals surface area contributed by atoms with Crippen LogP contribution >= 0.6 is 0 Å². The molecule has 14 heavy (non-hydrogen) atoms. The quantitative estimate of drug-likeness (QED) is 0.695. The normalized spacial score (nSPS) is 21.9. The number of hydrogen-bond donors (Lipinski definition) is 1. The molecule has 0 bridgehead atoms. The van der Waals surface area contributed by atoms with E-state index in [2.05, 4.69) is 10.3 Å². The fourth-order valence-electron chi connectivity index (χ4n) is 1.47. The van der Waals surface area contributed by atoms with E-state index in [0.717, 1.165) is 25.1 Å². The van der Waals surface area contributed by atoms with Gasteiger partial charge in [0.25, 0.3) is 0 Å². The summed E-state index contributed by atoms with van der Waals surface area (Å²) in [6, 6.07) is 5.39. The lowest BCUT2D eigenvalue weighted by atomic mass is 10.2. The summed E-state index contributed by atoms with van der Waals surface area (Å²) in [5.41, 5.74) is 1.28. The molecule has 1 saturated heterocycles. The Bertz CT molecular complexity index is 322. The molecular formula is C10H12N2O2. The average molecular weight is 192 g/mol. The Labute approximate surface area is 82.3 Å². The van der Waals surface area contributed by atoms with Crippen molar-refractivity contribution >= 4 is 6.29 Å². The van der Waals surface area contributed by atoms with Crippen molar-refractivity contribution in [3.8, 4) is 0 Å². The molecule has 0 aromatic carbocycles. The van der Waals surface area contributed by atoms with Crippen LogP contribution in [0.15, 0.2) is 18.2 Å². The minimum atomic E-state index is -0.0244. The van der Waals surface area contributed by atoms with E-state index in [-0.39, 0.29) is 6.10 Å². The highest BCUT2D eigenvalue weighted by molar-refractivity contribution is 5.71. The lowest BCUT2D eigenvalue weighted by Gasteiger charge is -2.23. The highest BCUT2D eigenvalue weighted by Crippen LogP contribution is 2.16. The molecule has 2 heterocycles. The Balaban J connectivity index is 2.17. The van der Waals surface area contributed by atoms with Crippen LogP contribution in [0.25, 0.3) is 0 Å². The summed E-state index contributed by atoms with van der Waals surface area (Å²) in [6.45, 7) is 2.33. The van der Waals surface area contributed by atoms with Crippen LogP contribution in [0, 0.1) is 0 Å². The SMILES string of the molecule is O=Cc1cccc(C2CNCCO2)n1. The molecule has 0 amide bonds. The Morgan fingerprint density at radius 2 is 2.50 bits per heavy atom. The zero-order valence-corrected chi connectivity index (χ0v) is 7.77. The first kappa shape index (κ1) is 9.30. The molecule has 1 aliphatic rings. The third-order valence-electron chi connectivity index (χ3n) is 2.17. The van der Waals surface area contributed by atoms with Crippen molar-refractivity contribution in [2.75, 3.05) is 19.7 Å². The largest absolute Gasteiger partial charge is 0.369 e. The van der Waals surface area contributed by atoms with E-state index in [1.807, 2.05) is 12.1 Å². The maximum Gasteiger partial charge on any atom is 0.168 e. The number of rotatable bonds is 2. The molecule has 0 radical (unpaired) electrons. The summed E-state index contributed by atoms with van der Waals surface area (Å²) in [7, 11) is 0. The van der Waals surface area contributed by atoms with Crippen molar-refractivity contribution in [2.24, 2.45) is 0 Å². The van der Waals surface area contributed by atoms with Gasteiger partial charge in [-0.2, -0.15) is 0 Å². The summed E-state index contributed by atoms with van der Waals surface area (Å²) in [6.07, 6.45) is 0.725. The third kappa shape index (κ3) is 1.97. The number of ether oxygens (including phenoxy) is 1. The number of aldehydes is 1. The molecule has 4 nitrogen and oxygen atoms in total. The summed E-state index contributed by atoms with van der Waals surface area (Å²) in [5, 5.41) is 3.22. The van der Waals surface area contributed by atoms with E-state index in [0.29, 0.717) is 12.3 Å². The molecule has 1 fully saturated rings. The molecule has 1 atom stereocenters. The smallest absolute Gasteiger partial charge is 0.168 e. The molecule has 1 aromatic heterocycles.